The number of carbonyl (C=O) groups excluding carboxylic acids is 1. The molecule has 1 fully saturated rings. The number of H-pyrrole nitrogens is 1. The van der Waals surface area contributed by atoms with Crippen LogP contribution in [0.5, 0.6) is 0 Å². The van der Waals surface area contributed by atoms with Gasteiger partial charge in [-0.25, -0.2) is 12.7 Å². The number of aromatic nitrogens is 2. The van der Waals surface area contributed by atoms with E-state index in [1.54, 1.807) is 32.8 Å². The Morgan fingerprint density at radius 3 is 2.55 bits per heavy atom. The molecule has 1 amide bonds. The van der Waals surface area contributed by atoms with Gasteiger partial charge in [-0.15, -0.1) is 0 Å². The van der Waals surface area contributed by atoms with Gasteiger partial charge in [0.05, 0.1) is 11.4 Å². The van der Waals surface area contributed by atoms with Crippen LogP contribution in [0.1, 0.15) is 17.8 Å². The molecule has 20 heavy (non-hydrogen) atoms. The highest BCUT2D eigenvalue weighted by molar-refractivity contribution is 7.89. The Bertz CT molecular complexity index is 603. The number of aryl methyl sites for hydroxylation is 2. The lowest BCUT2D eigenvalue weighted by atomic mass is 10.1. The van der Waals surface area contributed by atoms with E-state index in [2.05, 4.69) is 10.2 Å². The van der Waals surface area contributed by atoms with Gasteiger partial charge < -0.3 is 4.90 Å². The number of rotatable bonds is 4. The number of nitrogens with one attached hydrogen (secondary N) is 1. The highest BCUT2D eigenvalue weighted by atomic mass is 32.2. The van der Waals surface area contributed by atoms with Gasteiger partial charge in [0.1, 0.15) is 4.90 Å². The Balaban J connectivity index is 2.17. The lowest BCUT2D eigenvalue weighted by Gasteiger charge is -2.20. The van der Waals surface area contributed by atoms with E-state index in [1.807, 2.05) is 0 Å². The number of hydrogen-bond donors (Lipinski definition) is 1. The third-order valence-corrected chi connectivity index (χ3v) is 5.75. The Labute approximate surface area is 119 Å². The van der Waals surface area contributed by atoms with Crippen LogP contribution in [0.4, 0.5) is 0 Å². The molecule has 1 atom stereocenters. The Morgan fingerprint density at radius 1 is 1.45 bits per heavy atom. The molecule has 0 bridgehead atoms. The van der Waals surface area contributed by atoms with Crippen molar-refractivity contribution >= 4 is 15.9 Å². The molecular weight excluding hydrogens is 280 g/mol. The monoisotopic (exact) mass is 300 g/mol. The molecule has 1 aromatic rings. The van der Waals surface area contributed by atoms with Crippen LogP contribution in [-0.4, -0.2) is 60.9 Å². The second-order valence-electron chi connectivity index (χ2n) is 5.39. The van der Waals surface area contributed by atoms with Crippen molar-refractivity contribution in [1.82, 2.24) is 19.4 Å². The second kappa shape index (κ2) is 5.17. The summed E-state index contributed by atoms with van der Waals surface area (Å²) in [6.45, 7) is 4.29. The normalized spacial score (nSPS) is 20.1. The molecule has 0 radical (unpaired) electrons. The van der Waals surface area contributed by atoms with Gasteiger partial charge in [-0.2, -0.15) is 5.10 Å². The van der Waals surface area contributed by atoms with Gasteiger partial charge in [0.2, 0.25) is 15.9 Å². The molecule has 112 valence electrons. The zero-order valence-corrected chi connectivity index (χ0v) is 13.0. The van der Waals surface area contributed by atoms with Crippen LogP contribution in [0.25, 0.3) is 0 Å². The maximum atomic E-state index is 12.6. The minimum atomic E-state index is -3.57. The van der Waals surface area contributed by atoms with Gasteiger partial charge in [-0.1, -0.05) is 0 Å². The molecule has 7 nitrogen and oxygen atoms in total. The second-order valence-corrected chi connectivity index (χ2v) is 7.37. The molecule has 0 aromatic carbocycles. The van der Waals surface area contributed by atoms with Gasteiger partial charge in [-0.3, -0.25) is 9.89 Å². The summed E-state index contributed by atoms with van der Waals surface area (Å²) in [5, 5.41) is 6.62. The first-order valence-electron chi connectivity index (χ1n) is 6.45. The predicted octanol–water partition coefficient (Wildman–Crippen LogP) is 0.125. The maximum Gasteiger partial charge on any atom is 0.246 e. The van der Waals surface area contributed by atoms with Crippen LogP contribution in [0.2, 0.25) is 0 Å². The van der Waals surface area contributed by atoms with E-state index in [-0.39, 0.29) is 16.7 Å². The van der Waals surface area contributed by atoms with Gasteiger partial charge >= 0.3 is 0 Å². The molecule has 1 saturated heterocycles. The van der Waals surface area contributed by atoms with E-state index in [9.17, 15) is 13.2 Å². The lowest BCUT2D eigenvalue weighted by molar-refractivity contribution is -0.126. The lowest BCUT2D eigenvalue weighted by Crippen LogP contribution is -2.33. The number of nitrogens with zero attached hydrogens (tertiary/aromatic N) is 3. The van der Waals surface area contributed by atoms with E-state index in [0.717, 1.165) is 0 Å². The van der Waals surface area contributed by atoms with E-state index in [4.69, 9.17) is 0 Å². The summed E-state index contributed by atoms with van der Waals surface area (Å²) in [6.07, 6.45) is 0.402. The van der Waals surface area contributed by atoms with Gasteiger partial charge in [0, 0.05) is 33.6 Å². The molecule has 1 N–H and O–H groups in total. The molecular formula is C12H20N4O3S. The average molecular weight is 300 g/mol. The van der Waals surface area contributed by atoms with E-state index in [1.165, 1.54) is 4.31 Å². The maximum absolute atomic E-state index is 12.6. The van der Waals surface area contributed by atoms with Gasteiger partial charge in [0.15, 0.2) is 0 Å². The number of amides is 1. The molecule has 8 heteroatoms. The number of likely N-dealkylation sites (tertiary alicyclic amines) is 1. The van der Waals surface area contributed by atoms with Crippen molar-refractivity contribution in [2.75, 3.05) is 27.2 Å². The fourth-order valence-corrected chi connectivity index (χ4v) is 4.19. The van der Waals surface area contributed by atoms with Crippen LogP contribution in [0.3, 0.4) is 0 Å². The van der Waals surface area contributed by atoms with Crippen molar-refractivity contribution < 1.29 is 13.2 Å². The third kappa shape index (κ3) is 2.57. The Hall–Kier alpha value is -1.41. The summed E-state index contributed by atoms with van der Waals surface area (Å²) in [5.41, 5.74) is 1.00. The molecule has 0 spiro atoms. The third-order valence-electron chi connectivity index (χ3n) is 3.67. The smallest absolute Gasteiger partial charge is 0.246 e. The minimum Gasteiger partial charge on any atom is -0.345 e. The molecule has 0 saturated carbocycles. The largest absolute Gasteiger partial charge is 0.345 e. The fraction of sp³-hybridized carbons (Fsp3) is 0.667. The van der Waals surface area contributed by atoms with Crippen molar-refractivity contribution in [1.29, 1.82) is 0 Å². The molecule has 1 aliphatic rings. The quantitative estimate of drug-likeness (QED) is 0.856. The van der Waals surface area contributed by atoms with Gasteiger partial charge in [0.25, 0.3) is 0 Å². The average Bonchev–Trinajstić information content (AvgIpc) is 2.83. The number of sulfonamides is 1. The first-order chi connectivity index (χ1) is 9.23. The van der Waals surface area contributed by atoms with Crippen molar-refractivity contribution in [3.8, 4) is 0 Å². The molecule has 0 aliphatic carbocycles. The predicted molar refractivity (Wildman–Crippen MR) is 73.6 cm³/mol. The van der Waals surface area contributed by atoms with Crippen LogP contribution >= 0.6 is 0 Å². The minimum absolute atomic E-state index is 0.0415. The highest BCUT2D eigenvalue weighted by Crippen LogP contribution is 2.23. The molecule has 1 unspecified atom stereocenters. The standard InChI is InChI=1S/C12H20N4O3S/c1-8-12(9(2)14-13-8)20(18,19)16(4)7-10-5-11(17)15(3)6-10/h10H,5-7H2,1-4H3,(H,13,14). The van der Waals surface area contributed by atoms with Crippen LogP contribution in [0.15, 0.2) is 4.90 Å². The first-order valence-corrected chi connectivity index (χ1v) is 7.89. The van der Waals surface area contributed by atoms with Gasteiger partial charge in [-0.05, 0) is 19.8 Å². The molecule has 1 aliphatic heterocycles. The van der Waals surface area contributed by atoms with Crippen molar-refractivity contribution in [2.24, 2.45) is 5.92 Å². The fourth-order valence-electron chi connectivity index (χ4n) is 2.62. The number of carbonyl (C=O) groups is 1. The van der Waals surface area contributed by atoms with E-state index >= 15 is 0 Å². The molecule has 2 heterocycles. The summed E-state index contributed by atoms with van der Waals surface area (Å²) < 4.78 is 26.4. The zero-order valence-electron chi connectivity index (χ0n) is 12.2. The van der Waals surface area contributed by atoms with Crippen molar-refractivity contribution in [3.05, 3.63) is 11.4 Å². The van der Waals surface area contributed by atoms with E-state index in [0.29, 0.717) is 30.9 Å². The molecule has 1 aromatic heterocycles. The first kappa shape index (κ1) is 15.0. The van der Waals surface area contributed by atoms with Crippen LogP contribution in [0, 0.1) is 19.8 Å². The van der Waals surface area contributed by atoms with Crippen molar-refractivity contribution in [3.63, 3.8) is 0 Å². The number of aromatic amines is 1. The topological polar surface area (TPSA) is 86.4 Å². The summed E-state index contributed by atoms with van der Waals surface area (Å²) >= 11 is 0. The summed E-state index contributed by atoms with van der Waals surface area (Å²) in [5.74, 6) is 0.108. The van der Waals surface area contributed by atoms with Crippen LogP contribution < -0.4 is 0 Å². The Kier molecular flexibility index (Phi) is 3.88. The summed E-state index contributed by atoms with van der Waals surface area (Å²) in [7, 11) is -0.287. The summed E-state index contributed by atoms with van der Waals surface area (Å²) in [6, 6.07) is 0. The van der Waals surface area contributed by atoms with Crippen LogP contribution in [-0.2, 0) is 14.8 Å². The molecule has 2 rings (SSSR count). The number of hydrogen-bond acceptors (Lipinski definition) is 4. The summed E-state index contributed by atoms with van der Waals surface area (Å²) in [4.78, 5) is 13.4. The highest BCUT2D eigenvalue weighted by Gasteiger charge is 2.33. The zero-order chi connectivity index (χ0) is 15.1. The Morgan fingerprint density at radius 2 is 2.10 bits per heavy atom. The van der Waals surface area contributed by atoms with Crippen molar-refractivity contribution in [2.45, 2.75) is 25.2 Å². The SMILES string of the molecule is Cc1n[nH]c(C)c1S(=O)(=O)N(C)CC1CC(=O)N(C)C1. The van der Waals surface area contributed by atoms with E-state index < -0.39 is 10.0 Å².